The molecule has 2 saturated carbocycles. The van der Waals surface area contributed by atoms with Gasteiger partial charge in [0.05, 0.1) is 32.8 Å². The predicted octanol–water partition coefficient (Wildman–Crippen LogP) is 4.24. The van der Waals surface area contributed by atoms with E-state index < -0.39 is 0 Å². The van der Waals surface area contributed by atoms with E-state index in [0.29, 0.717) is 23.9 Å². The molecule has 2 aromatic carbocycles. The topological polar surface area (TPSA) is 73.9 Å². The molecule has 2 bridgehead atoms. The molecule has 4 rings (SSSR count). The summed E-state index contributed by atoms with van der Waals surface area (Å²) in [5.41, 5.74) is 3.63. The Balaban J connectivity index is 1.50. The molecule has 0 aliphatic heterocycles. The Bertz CT molecular complexity index is 1000. The number of methoxy groups -OCH3 is 3. The van der Waals surface area contributed by atoms with E-state index in [4.69, 9.17) is 14.2 Å². The molecule has 168 valence electrons. The van der Waals surface area contributed by atoms with Crippen LogP contribution in [0.25, 0.3) is 6.08 Å². The summed E-state index contributed by atoms with van der Waals surface area (Å²) in [4.78, 5) is 24.8. The van der Waals surface area contributed by atoms with Gasteiger partial charge in [-0.1, -0.05) is 23.8 Å². The van der Waals surface area contributed by atoms with Gasteiger partial charge in [-0.2, -0.15) is 0 Å². The van der Waals surface area contributed by atoms with Crippen LogP contribution in [0.15, 0.2) is 48.0 Å². The Morgan fingerprint density at radius 1 is 1.00 bits per heavy atom. The Morgan fingerprint density at radius 2 is 1.69 bits per heavy atom. The lowest BCUT2D eigenvalue weighted by Gasteiger charge is -2.24. The number of hydrogen-bond acceptors (Lipinski definition) is 5. The molecule has 0 radical (unpaired) electrons. The molecule has 0 saturated heterocycles. The van der Waals surface area contributed by atoms with Gasteiger partial charge in [0.15, 0.2) is 0 Å². The van der Waals surface area contributed by atoms with Crippen molar-refractivity contribution in [2.45, 2.75) is 25.8 Å². The second-order valence-electron chi connectivity index (χ2n) is 8.44. The quantitative estimate of drug-likeness (QED) is 0.659. The molecule has 2 fully saturated rings. The summed E-state index contributed by atoms with van der Waals surface area (Å²) in [5.74, 6) is 1.89. The number of amides is 1. The third kappa shape index (κ3) is 4.49. The van der Waals surface area contributed by atoms with Crippen molar-refractivity contribution < 1.29 is 23.8 Å². The maximum Gasteiger partial charge on any atom is 0.337 e. The van der Waals surface area contributed by atoms with Crippen molar-refractivity contribution in [2.24, 2.45) is 17.8 Å². The molecular formula is C26H29NO5. The molecule has 0 aromatic heterocycles. The number of ether oxygens (including phenoxy) is 3. The average Bonchev–Trinajstić information content (AvgIpc) is 3.44. The molecule has 0 heterocycles. The van der Waals surface area contributed by atoms with E-state index in [1.165, 1.54) is 12.7 Å². The van der Waals surface area contributed by atoms with Crippen LogP contribution in [0.4, 0.5) is 0 Å². The van der Waals surface area contributed by atoms with Gasteiger partial charge in [-0.05, 0) is 66.5 Å². The highest BCUT2D eigenvalue weighted by Gasteiger charge is 2.46. The average molecular weight is 436 g/mol. The Kier molecular flexibility index (Phi) is 6.49. The zero-order valence-corrected chi connectivity index (χ0v) is 18.7. The van der Waals surface area contributed by atoms with E-state index in [-0.39, 0.29) is 17.8 Å². The first-order valence-electron chi connectivity index (χ1n) is 10.9. The molecule has 1 amide bonds. The van der Waals surface area contributed by atoms with Crippen LogP contribution < -0.4 is 14.8 Å². The van der Waals surface area contributed by atoms with Crippen molar-refractivity contribution in [3.63, 3.8) is 0 Å². The largest absolute Gasteiger partial charge is 0.497 e. The second kappa shape index (κ2) is 9.47. The summed E-state index contributed by atoms with van der Waals surface area (Å²) in [5, 5.41) is 3.10. The van der Waals surface area contributed by atoms with Crippen LogP contribution in [-0.2, 0) is 16.1 Å². The van der Waals surface area contributed by atoms with E-state index in [9.17, 15) is 9.59 Å². The van der Waals surface area contributed by atoms with Gasteiger partial charge in [0.1, 0.15) is 11.5 Å². The van der Waals surface area contributed by atoms with E-state index in [1.54, 1.807) is 26.4 Å². The van der Waals surface area contributed by atoms with Crippen LogP contribution in [0.3, 0.4) is 0 Å². The number of esters is 1. The van der Waals surface area contributed by atoms with Gasteiger partial charge in [-0.3, -0.25) is 4.79 Å². The van der Waals surface area contributed by atoms with Gasteiger partial charge < -0.3 is 19.5 Å². The number of carbonyl (C=O) groups is 2. The molecule has 2 aliphatic carbocycles. The number of rotatable bonds is 7. The van der Waals surface area contributed by atoms with Crippen molar-refractivity contribution in [2.75, 3.05) is 21.3 Å². The van der Waals surface area contributed by atoms with Gasteiger partial charge in [0, 0.05) is 12.6 Å². The van der Waals surface area contributed by atoms with Gasteiger partial charge in [-0.25, -0.2) is 4.79 Å². The highest BCUT2D eigenvalue weighted by Crippen LogP contribution is 2.52. The Hall–Kier alpha value is -3.28. The monoisotopic (exact) mass is 435 g/mol. The molecule has 6 heteroatoms. The zero-order chi connectivity index (χ0) is 22.7. The summed E-state index contributed by atoms with van der Waals surface area (Å²) in [6.45, 7) is 0.425. The van der Waals surface area contributed by atoms with E-state index in [1.807, 2.05) is 30.3 Å². The maximum absolute atomic E-state index is 13.2. The molecule has 0 spiro atoms. The minimum atomic E-state index is -0.369. The molecule has 2 aromatic rings. The van der Waals surface area contributed by atoms with Crippen LogP contribution in [0.2, 0.25) is 0 Å². The lowest BCUT2D eigenvalue weighted by Crippen LogP contribution is -2.34. The summed E-state index contributed by atoms with van der Waals surface area (Å²) in [6, 6.07) is 12.9. The Morgan fingerprint density at radius 3 is 2.31 bits per heavy atom. The SMILES string of the molecule is COC(=O)c1ccc(CNC(=O)[C@@H]2/C(=C/c3cc(OC)cc(OC)c3)[C@@H]3CC[C@H]2C3)cc1. The predicted molar refractivity (Wildman–Crippen MR) is 121 cm³/mol. The lowest BCUT2D eigenvalue weighted by atomic mass is 9.82. The minimum Gasteiger partial charge on any atom is -0.497 e. The molecule has 3 atom stereocenters. The van der Waals surface area contributed by atoms with Crippen LogP contribution in [-0.4, -0.2) is 33.2 Å². The number of hydrogen-bond donors (Lipinski definition) is 1. The van der Waals surface area contributed by atoms with Crippen molar-refractivity contribution >= 4 is 18.0 Å². The molecular weight excluding hydrogens is 406 g/mol. The molecule has 32 heavy (non-hydrogen) atoms. The first-order chi connectivity index (χ1) is 15.5. The van der Waals surface area contributed by atoms with E-state index in [0.717, 1.165) is 41.9 Å². The maximum atomic E-state index is 13.2. The van der Waals surface area contributed by atoms with Gasteiger partial charge >= 0.3 is 5.97 Å². The van der Waals surface area contributed by atoms with Crippen LogP contribution in [0, 0.1) is 17.8 Å². The number of benzene rings is 2. The van der Waals surface area contributed by atoms with E-state index in [2.05, 4.69) is 11.4 Å². The molecule has 0 unspecified atom stereocenters. The van der Waals surface area contributed by atoms with E-state index >= 15 is 0 Å². The highest BCUT2D eigenvalue weighted by atomic mass is 16.5. The van der Waals surface area contributed by atoms with Crippen molar-refractivity contribution in [1.29, 1.82) is 0 Å². The third-order valence-corrected chi connectivity index (χ3v) is 6.61. The number of fused-ring (bicyclic) bond motifs is 2. The molecule has 2 aliphatic rings. The Labute approximate surface area is 188 Å². The summed E-state index contributed by atoms with van der Waals surface area (Å²) < 4.78 is 15.5. The van der Waals surface area contributed by atoms with Crippen molar-refractivity contribution in [1.82, 2.24) is 5.32 Å². The van der Waals surface area contributed by atoms with Crippen LogP contribution >= 0.6 is 0 Å². The van der Waals surface area contributed by atoms with Crippen LogP contribution in [0.1, 0.15) is 40.7 Å². The van der Waals surface area contributed by atoms with Gasteiger partial charge in [0.25, 0.3) is 0 Å². The zero-order valence-electron chi connectivity index (χ0n) is 18.7. The van der Waals surface area contributed by atoms with Gasteiger partial charge in [-0.15, -0.1) is 0 Å². The minimum absolute atomic E-state index is 0.0651. The normalized spacial score (nSPS) is 22.6. The first kappa shape index (κ1) is 21.9. The van der Waals surface area contributed by atoms with Crippen molar-refractivity contribution in [3.05, 3.63) is 64.7 Å². The van der Waals surface area contributed by atoms with Gasteiger partial charge in [0.2, 0.25) is 5.91 Å². The highest BCUT2D eigenvalue weighted by molar-refractivity contribution is 5.89. The smallest absolute Gasteiger partial charge is 0.337 e. The standard InChI is InChI=1S/C26H29NO5/c1-30-21-10-17(11-22(14-21)31-2)12-23-19-8-9-20(13-19)24(23)25(28)27-15-16-4-6-18(7-5-16)26(29)32-3/h4-7,10-12,14,19-20,24H,8-9,13,15H2,1-3H3,(H,27,28)/b23-12+/t19-,20+,24+/m1/s1. The third-order valence-electron chi connectivity index (χ3n) is 6.61. The molecule has 1 N–H and O–H groups in total. The second-order valence-corrected chi connectivity index (χ2v) is 8.44. The number of carbonyl (C=O) groups excluding carboxylic acids is 2. The fourth-order valence-electron chi connectivity index (χ4n) is 5.00. The summed E-state index contributed by atoms with van der Waals surface area (Å²) >= 11 is 0. The lowest BCUT2D eigenvalue weighted by molar-refractivity contribution is -0.125. The fraction of sp³-hybridized carbons (Fsp3) is 0.385. The summed E-state index contributed by atoms with van der Waals surface area (Å²) in [7, 11) is 4.63. The molecule has 6 nitrogen and oxygen atoms in total. The number of nitrogens with one attached hydrogen (secondary N) is 1. The van der Waals surface area contributed by atoms with Crippen LogP contribution in [0.5, 0.6) is 11.5 Å². The first-order valence-corrected chi connectivity index (χ1v) is 10.9. The fourth-order valence-corrected chi connectivity index (χ4v) is 5.00. The summed E-state index contributed by atoms with van der Waals surface area (Å²) in [6.07, 6.45) is 5.44. The van der Waals surface area contributed by atoms with Crippen molar-refractivity contribution in [3.8, 4) is 11.5 Å².